The van der Waals surface area contributed by atoms with Crippen LogP contribution in [0.3, 0.4) is 0 Å². The van der Waals surface area contributed by atoms with Crippen molar-refractivity contribution in [2.45, 2.75) is 33.7 Å². The second-order valence-electron chi connectivity index (χ2n) is 3.57. The van der Waals surface area contributed by atoms with Crippen LogP contribution in [0.1, 0.15) is 27.7 Å². The van der Waals surface area contributed by atoms with Gasteiger partial charge in [-0.15, -0.1) is 0 Å². The Morgan fingerprint density at radius 2 is 1.86 bits per heavy atom. The zero-order valence-corrected chi connectivity index (χ0v) is 9.58. The van der Waals surface area contributed by atoms with Gasteiger partial charge in [-0.3, -0.25) is 0 Å². The largest absolute Gasteiger partial charge is 0.396 e. The molecule has 2 unspecified atom stereocenters. The van der Waals surface area contributed by atoms with Crippen LogP contribution in [0.5, 0.6) is 0 Å². The highest BCUT2D eigenvalue weighted by Gasteiger charge is 2.16. The maximum absolute atomic E-state index is 11.6. The third-order valence-electron chi connectivity index (χ3n) is 2.54. The van der Waals surface area contributed by atoms with Gasteiger partial charge in [0.25, 0.3) is 0 Å². The quantitative estimate of drug-likeness (QED) is 0.700. The minimum absolute atomic E-state index is 0.00750. The van der Waals surface area contributed by atoms with Crippen molar-refractivity contribution in [3.63, 3.8) is 0 Å². The number of hydrogen-bond acceptors (Lipinski definition) is 2. The first-order chi connectivity index (χ1) is 6.56. The Balaban J connectivity index is 4.03. The lowest BCUT2D eigenvalue weighted by Gasteiger charge is -2.25. The summed E-state index contributed by atoms with van der Waals surface area (Å²) in [6.07, 6.45) is 0. The number of carbonyl (C=O) groups is 1. The lowest BCUT2D eigenvalue weighted by atomic mass is 10.1. The van der Waals surface area contributed by atoms with E-state index in [2.05, 4.69) is 5.32 Å². The molecule has 0 rings (SSSR count). The summed E-state index contributed by atoms with van der Waals surface area (Å²) in [4.78, 5) is 13.3. The van der Waals surface area contributed by atoms with Crippen molar-refractivity contribution in [1.29, 1.82) is 0 Å². The van der Waals surface area contributed by atoms with Crippen LogP contribution in [0.4, 0.5) is 4.79 Å². The van der Waals surface area contributed by atoms with Gasteiger partial charge < -0.3 is 15.3 Å². The summed E-state index contributed by atoms with van der Waals surface area (Å²) in [6.45, 7) is 9.23. The molecule has 0 fully saturated rings. The molecule has 0 aromatic carbocycles. The molecule has 84 valence electrons. The highest BCUT2D eigenvalue weighted by Crippen LogP contribution is 2.01. The molecule has 2 N–H and O–H groups in total. The van der Waals surface area contributed by atoms with E-state index in [9.17, 15) is 4.79 Å². The van der Waals surface area contributed by atoms with E-state index in [4.69, 9.17) is 5.11 Å². The SMILES string of the molecule is CCN(CC)C(=O)NC(C)C(C)CO. The summed E-state index contributed by atoms with van der Waals surface area (Å²) < 4.78 is 0. The third-order valence-corrected chi connectivity index (χ3v) is 2.54. The van der Waals surface area contributed by atoms with Crippen LogP contribution in [0.15, 0.2) is 0 Å². The van der Waals surface area contributed by atoms with Gasteiger partial charge in [0, 0.05) is 25.7 Å². The van der Waals surface area contributed by atoms with E-state index in [1.807, 2.05) is 27.7 Å². The Morgan fingerprint density at radius 1 is 1.36 bits per heavy atom. The van der Waals surface area contributed by atoms with Gasteiger partial charge in [-0.25, -0.2) is 4.79 Å². The fourth-order valence-corrected chi connectivity index (χ4v) is 1.10. The van der Waals surface area contributed by atoms with Crippen LogP contribution < -0.4 is 5.32 Å². The molecule has 0 saturated heterocycles. The van der Waals surface area contributed by atoms with Gasteiger partial charge >= 0.3 is 6.03 Å². The average molecular weight is 202 g/mol. The number of amides is 2. The highest BCUT2D eigenvalue weighted by molar-refractivity contribution is 5.74. The van der Waals surface area contributed by atoms with Gasteiger partial charge in [-0.1, -0.05) is 6.92 Å². The molecule has 0 radical (unpaired) electrons. The Kier molecular flexibility index (Phi) is 6.28. The van der Waals surface area contributed by atoms with Crippen LogP contribution in [-0.2, 0) is 0 Å². The van der Waals surface area contributed by atoms with E-state index in [1.165, 1.54) is 0 Å². The number of nitrogens with one attached hydrogen (secondary N) is 1. The monoisotopic (exact) mass is 202 g/mol. The van der Waals surface area contributed by atoms with E-state index in [-0.39, 0.29) is 24.6 Å². The van der Waals surface area contributed by atoms with Gasteiger partial charge in [0.15, 0.2) is 0 Å². The van der Waals surface area contributed by atoms with E-state index < -0.39 is 0 Å². The topological polar surface area (TPSA) is 52.6 Å². The fraction of sp³-hybridized carbons (Fsp3) is 0.900. The fourth-order valence-electron chi connectivity index (χ4n) is 1.10. The molecule has 2 amide bonds. The maximum Gasteiger partial charge on any atom is 0.317 e. The maximum atomic E-state index is 11.6. The van der Waals surface area contributed by atoms with E-state index in [1.54, 1.807) is 4.90 Å². The van der Waals surface area contributed by atoms with Crippen molar-refractivity contribution in [1.82, 2.24) is 10.2 Å². The van der Waals surface area contributed by atoms with Crippen molar-refractivity contribution in [2.24, 2.45) is 5.92 Å². The average Bonchev–Trinajstić information content (AvgIpc) is 2.18. The van der Waals surface area contributed by atoms with Crippen LogP contribution >= 0.6 is 0 Å². The molecule has 4 heteroatoms. The number of aliphatic hydroxyl groups is 1. The third kappa shape index (κ3) is 3.96. The molecule has 0 spiro atoms. The molecule has 0 aliphatic heterocycles. The van der Waals surface area contributed by atoms with Crippen molar-refractivity contribution in [3.05, 3.63) is 0 Å². The summed E-state index contributed by atoms with van der Waals surface area (Å²) in [5.74, 6) is 0.0921. The molecule has 2 atom stereocenters. The molecule has 0 aliphatic rings. The second kappa shape index (κ2) is 6.65. The number of urea groups is 1. The summed E-state index contributed by atoms with van der Waals surface area (Å²) in [7, 11) is 0. The van der Waals surface area contributed by atoms with Crippen LogP contribution in [0.25, 0.3) is 0 Å². The van der Waals surface area contributed by atoms with E-state index in [0.29, 0.717) is 13.1 Å². The molecule has 0 bridgehead atoms. The van der Waals surface area contributed by atoms with E-state index >= 15 is 0 Å². The minimum atomic E-state index is -0.0530. The smallest absolute Gasteiger partial charge is 0.317 e. The molecule has 0 aromatic heterocycles. The first-order valence-electron chi connectivity index (χ1n) is 5.23. The number of aliphatic hydroxyl groups excluding tert-OH is 1. The number of carbonyl (C=O) groups excluding carboxylic acids is 1. The van der Waals surface area contributed by atoms with Crippen LogP contribution in [-0.4, -0.2) is 41.8 Å². The van der Waals surface area contributed by atoms with Crippen LogP contribution in [0, 0.1) is 5.92 Å². The summed E-state index contributed by atoms with van der Waals surface area (Å²) in [6, 6.07) is -0.0455. The second-order valence-corrected chi connectivity index (χ2v) is 3.57. The molecule has 0 aromatic rings. The van der Waals surface area contributed by atoms with Gasteiger partial charge in [0.2, 0.25) is 0 Å². The Bertz CT molecular complexity index is 170. The minimum Gasteiger partial charge on any atom is -0.396 e. The predicted molar refractivity (Wildman–Crippen MR) is 57.2 cm³/mol. The van der Waals surface area contributed by atoms with Crippen molar-refractivity contribution in [3.8, 4) is 0 Å². The molecule has 0 heterocycles. The zero-order chi connectivity index (χ0) is 11.1. The lowest BCUT2D eigenvalue weighted by Crippen LogP contribution is -2.46. The highest BCUT2D eigenvalue weighted by atomic mass is 16.3. The molecule has 0 aliphatic carbocycles. The van der Waals surface area contributed by atoms with E-state index in [0.717, 1.165) is 0 Å². The van der Waals surface area contributed by atoms with Gasteiger partial charge in [-0.05, 0) is 26.7 Å². The van der Waals surface area contributed by atoms with Crippen molar-refractivity contribution >= 4 is 6.03 Å². The summed E-state index contributed by atoms with van der Waals surface area (Å²) >= 11 is 0. The first kappa shape index (κ1) is 13.2. The van der Waals surface area contributed by atoms with Crippen molar-refractivity contribution in [2.75, 3.05) is 19.7 Å². The standard InChI is InChI=1S/C10H22N2O2/c1-5-12(6-2)10(14)11-9(4)8(3)7-13/h8-9,13H,5-7H2,1-4H3,(H,11,14). The molecular weight excluding hydrogens is 180 g/mol. The number of nitrogens with zero attached hydrogens (tertiary/aromatic N) is 1. The number of hydrogen-bond donors (Lipinski definition) is 2. The van der Waals surface area contributed by atoms with Gasteiger partial charge in [0.1, 0.15) is 0 Å². The van der Waals surface area contributed by atoms with Gasteiger partial charge in [0.05, 0.1) is 0 Å². The zero-order valence-electron chi connectivity index (χ0n) is 9.58. The predicted octanol–water partition coefficient (Wildman–Crippen LogP) is 1.05. The van der Waals surface area contributed by atoms with Crippen LogP contribution in [0.2, 0.25) is 0 Å². The van der Waals surface area contributed by atoms with Crippen molar-refractivity contribution < 1.29 is 9.90 Å². The Labute approximate surface area is 86.3 Å². The molecule has 0 saturated carbocycles. The molecule has 14 heavy (non-hydrogen) atoms. The Morgan fingerprint density at radius 3 is 2.21 bits per heavy atom. The number of rotatable bonds is 5. The summed E-state index contributed by atoms with van der Waals surface area (Å²) in [5, 5.41) is 11.8. The molecular formula is C10H22N2O2. The summed E-state index contributed by atoms with van der Waals surface area (Å²) in [5.41, 5.74) is 0. The molecule has 4 nitrogen and oxygen atoms in total. The Hall–Kier alpha value is -0.770. The normalized spacial score (nSPS) is 14.6. The van der Waals surface area contributed by atoms with Gasteiger partial charge in [-0.2, -0.15) is 0 Å². The lowest BCUT2D eigenvalue weighted by molar-refractivity contribution is 0.180. The first-order valence-corrected chi connectivity index (χ1v) is 5.23.